The van der Waals surface area contributed by atoms with E-state index in [9.17, 15) is 4.79 Å². The Bertz CT molecular complexity index is 1040. The van der Waals surface area contributed by atoms with Gasteiger partial charge in [-0.05, 0) is 66.9 Å². The van der Waals surface area contributed by atoms with Crippen LogP contribution in [0, 0.1) is 13.8 Å². The lowest BCUT2D eigenvalue weighted by Crippen LogP contribution is -2.54. The summed E-state index contributed by atoms with van der Waals surface area (Å²) in [5, 5.41) is 9.00. The Hall–Kier alpha value is -3.03. The molecular weight excluding hydrogens is 377 g/mol. The summed E-state index contributed by atoms with van der Waals surface area (Å²) in [5.41, 5.74) is 3.51. The molecule has 0 saturated carbocycles. The second-order valence-electron chi connectivity index (χ2n) is 7.48. The molecule has 152 valence electrons. The van der Waals surface area contributed by atoms with Crippen molar-refractivity contribution in [2.75, 3.05) is 7.11 Å². The smallest absolute Gasteiger partial charge is 0.497 e. The molecule has 1 atom stereocenters. The number of aromatic nitrogens is 1. The minimum absolute atomic E-state index is 0.0850. The van der Waals surface area contributed by atoms with Gasteiger partial charge in [0.2, 0.25) is 0 Å². The molecule has 29 heavy (non-hydrogen) atoms. The molecule has 1 aromatic carbocycles. The molecule has 0 radical (unpaired) electrons. The first kappa shape index (κ1) is 19.3. The van der Waals surface area contributed by atoms with Crippen molar-refractivity contribution in [3.63, 3.8) is 0 Å². The third-order valence-electron chi connectivity index (χ3n) is 5.92. The molecule has 0 bridgehead atoms. The number of nitrogens with zero attached hydrogens (tertiary/aromatic N) is 2. The predicted octanol–water partition coefficient (Wildman–Crippen LogP) is 4.32. The average Bonchev–Trinajstić information content (AvgIpc) is 3.21. The van der Waals surface area contributed by atoms with E-state index in [0.29, 0.717) is 28.4 Å². The predicted molar refractivity (Wildman–Crippen MR) is 108 cm³/mol. The highest BCUT2D eigenvalue weighted by molar-refractivity contribution is 6.63. The van der Waals surface area contributed by atoms with Crippen molar-refractivity contribution in [2.45, 2.75) is 32.7 Å². The summed E-state index contributed by atoms with van der Waals surface area (Å²) in [6.07, 6.45) is 5.43. The first-order chi connectivity index (χ1) is 13.8. The largest absolute Gasteiger partial charge is 0.529 e. The van der Waals surface area contributed by atoms with E-state index in [1.807, 2.05) is 0 Å². The third kappa shape index (κ3) is 2.94. The van der Waals surface area contributed by atoms with Crippen LogP contribution in [0.25, 0.3) is 6.08 Å². The van der Waals surface area contributed by atoms with Gasteiger partial charge >= 0.3 is 12.9 Å². The number of fused-ring (bicyclic) bond motifs is 2. The molecule has 2 aromatic rings. The number of aliphatic carboxylic acids is 1. The summed E-state index contributed by atoms with van der Waals surface area (Å²) in [6, 6.07) is 6.54. The van der Waals surface area contributed by atoms with E-state index < -0.39 is 19.0 Å². The molecule has 0 aliphatic carbocycles. The summed E-state index contributed by atoms with van der Waals surface area (Å²) in [7, 11) is 1.56. The zero-order valence-corrected chi connectivity index (χ0v) is 16.5. The van der Waals surface area contributed by atoms with Gasteiger partial charge in [-0.15, -0.1) is 0 Å². The van der Waals surface area contributed by atoms with Gasteiger partial charge in [0.25, 0.3) is 0 Å². The first-order valence-electron chi connectivity index (χ1n) is 9.52. The standard InChI is InChI=1S/C21H22BF2N2O3/c1-13-18(9-11-21(27)28)14(2)25-20(13)12-16-6-10-19(26(16)22(25,23)24)15-4-7-17(29-3)8-5-15/h4-8,10,12,19H,9,11H2,1-3H3,(H,27,28)/q-1. The van der Waals surface area contributed by atoms with Crippen LogP contribution in [-0.2, 0) is 11.2 Å². The number of benzene rings is 1. The Labute approximate surface area is 167 Å². The van der Waals surface area contributed by atoms with Gasteiger partial charge in [-0.1, -0.05) is 18.2 Å². The van der Waals surface area contributed by atoms with Gasteiger partial charge in [0, 0.05) is 23.9 Å². The summed E-state index contributed by atoms with van der Waals surface area (Å²) >= 11 is 0. The minimum atomic E-state index is -4.09. The van der Waals surface area contributed by atoms with Crippen molar-refractivity contribution in [3.8, 4) is 5.75 Å². The van der Waals surface area contributed by atoms with Crippen LogP contribution >= 0.6 is 0 Å². The second-order valence-corrected chi connectivity index (χ2v) is 7.48. The van der Waals surface area contributed by atoms with Crippen molar-refractivity contribution in [3.05, 3.63) is 70.2 Å². The summed E-state index contributed by atoms with van der Waals surface area (Å²) in [4.78, 5) is 12.2. The minimum Gasteiger partial charge on any atom is -0.497 e. The van der Waals surface area contributed by atoms with Crippen LogP contribution < -0.4 is 4.74 Å². The zero-order valence-electron chi connectivity index (χ0n) is 16.5. The number of carboxylic acid groups (broad SMARTS) is 1. The van der Waals surface area contributed by atoms with Crippen molar-refractivity contribution >= 4 is 19.0 Å². The Morgan fingerprint density at radius 1 is 1.24 bits per heavy atom. The van der Waals surface area contributed by atoms with Crippen LogP contribution in [0.4, 0.5) is 8.63 Å². The van der Waals surface area contributed by atoms with Crippen molar-refractivity contribution in [2.24, 2.45) is 0 Å². The number of carboxylic acids is 1. The number of allylic oxidation sites excluding steroid dienone is 1. The maximum atomic E-state index is 15.8. The number of carbonyl (C=O) groups is 1. The Kier molecular flexibility index (Phi) is 4.52. The van der Waals surface area contributed by atoms with E-state index >= 15 is 8.63 Å². The first-order valence-corrected chi connectivity index (χ1v) is 9.52. The molecule has 8 heteroatoms. The van der Waals surface area contributed by atoms with Crippen molar-refractivity contribution in [1.29, 1.82) is 0 Å². The fourth-order valence-electron chi connectivity index (χ4n) is 4.47. The van der Waals surface area contributed by atoms with Crippen LogP contribution in [0.3, 0.4) is 0 Å². The van der Waals surface area contributed by atoms with Gasteiger partial charge < -0.3 is 27.8 Å². The average molecular weight is 399 g/mol. The molecule has 0 saturated heterocycles. The van der Waals surface area contributed by atoms with E-state index in [-0.39, 0.29) is 12.8 Å². The number of hydrogen-bond donors (Lipinski definition) is 1. The maximum Gasteiger partial charge on any atom is 0.529 e. The molecule has 3 heterocycles. The van der Waals surface area contributed by atoms with Crippen molar-refractivity contribution < 1.29 is 23.3 Å². The van der Waals surface area contributed by atoms with Gasteiger partial charge in [0.1, 0.15) is 5.75 Å². The van der Waals surface area contributed by atoms with E-state index in [1.54, 1.807) is 63.5 Å². The monoisotopic (exact) mass is 399 g/mol. The molecule has 1 N–H and O–H groups in total. The van der Waals surface area contributed by atoms with Gasteiger partial charge in [-0.3, -0.25) is 4.79 Å². The number of halogens is 2. The zero-order chi connectivity index (χ0) is 20.9. The van der Waals surface area contributed by atoms with Crippen LogP contribution in [0.5, 0.6) is 5.75 Å². The normalized spacial score (nSPS) is 19.0. The van der Waals surface area contributed by atoms with E-state index in [0.717, 1.165) is 15.6 Å². The van der Waals surface area contributed by atoms with Crippen LogP contribution in [0.15, 0.2) is 42.1 Å². The fraction of sp³-hybridized carbons (Fsp3) is 0.286. The van der Waals surface area contributed by atoms with Gasteiger partial charge in [-0.25, -0.2) is 0 Å². The molecular formula is C21H22BF2N2O3-. The molecule has 1 unspecified atom stereocenters. The van der Waals surface area contributed by atoms with Crippen LogP contribution in [0.1, 0.15) is 40.5 Å². The van der Waals surface area contributed by atoms with Crippen molar-refractivity contribution in [1.82, 2.24) is 9.29 Å². The quantitative estimate of drug-likeness (QED) is 0.761. The maximum absolute atomic E-state index is 15.8. The summed E-state index contributed by atoms with van der Waals surface area (Å²) < 4.78 is 37.9. The lowest BCUT2D eigenvalue weighted by molar-refractivity contribution is -0.136. The van der Waals surface area contributed by atoms with E-state index in [1.165, 1.54) is 4.81 Å². The van der Waals surface area contributed by atoms with Crippen LogP contribution in [-0.4, -0.2) is 34.4 Å². The molecule has 2 aliphatic rings. The number of hydrogen-bond acceptors (Lipinski definition) is 3. The van der Waals surface area contributed by atoms with E-state index in [2.05, 4.69) is 0 Å². The second kappa shape index (κ2) is 6.79. The Morgan fingerprint density at radius 2 is 1.93 bits per heavy atom. The molecule has 5 nitrogen and oxygen atoms in total. The SMILES string of the molecule is COc1ccc(C2C=CC3=Cc4c(C)c(CCC(=O)O)c(C)n4[B-](F)(F)N32)cc1. The molecule has 4 rings (SSSR count). The van der Waals surface area contributed by atoms with E-state index in [4.69, 9.17) is 9.84 Å². The lowest BCUT2D eigenvalue weighted by Gasteiger charge is -2.48. The summed E-state index contributed by atoms with van der Waals surface area (Å²) in [5.74, 6) is -0.267. The van der Waals surface area contributed by atoms with Gasteiger partial charge in [0.15, 0.2) is 0 Å². The van der Waals surface area contributed by atoms with Crippen LogP contribution in [0.2, 0.25) is 0 Å². The number of rotatable bonds is 5. The summed E-state index contributed by atoms with van der Waals surface area (Å²) in [6.45, 7) is -0.661. The van der Waals surface area contributed by atoms with Gasteiger partial charge in [0.05, 0.1) is 7.11 Å². The molecule has 0 spiro atoms. The van der Waals surface area contributed by atoms with Gasteiger partial charge in [-0.2, -0.15) is 0 Å². The third-order valence-corrected chi connectivity index (χ3v) is 5.92. The topological polar surface area (TPSA) is 54.7 Å². The Morgan fingerprint density at radius 3 is 2.55 bits per heavy atom. The highest BCUT2D eigenvalue weighted by Gasteiger charge is 2.46. The molecule has 2 aliphatic heterocycles. The highest BCUT2D eigenvalue weighted by atomic mass is 19.2. The Balaban J connectivity index is 1.77. The highest BCUT2D eigenvalue weighted by Crippen LogP contribution is 2.45. The number of methoxy groups -OCH3 is 1. The lowest BCUT2D eigenvalue weighted by atomic mass is 9.86. The fourth-order valence-corrected chi connectivity index (χ4v) is 4.47. The molecule has 0 amide bonds. The molecule has 0 fully saturated rings. The number of ether oxygens (including phenoxy) is 1. The molecule has 1 aromatic heterocycles.